The number of carbonyl (C=O) groups excluding carboxylic acids is 2. The van der Waals surface area contributed by atoms with Gasteiger partial charge in [0.25, 0.3) is 11.7 Å². The number of nitrogens with zero attached hydrogens (tertiary/aromatic N) is 2. The number of aliphatic hydroxyl groups is 1. The van der Waals surface area contributed by atoms with Gasteiger partial charge in [0.15, 0.2) is 11.5 Å². The van der Waals surface area contributed by atoms with Crippen LogP contribution >= 0.6 is 0 Å². The molecule has 4 rings (SSSR count). The highest BCUT2D eigenvalue weighted by atomic mass is 16.6. The summed E-state index contributed by atoms with van der Waals surface area (Å²) >= 11 is 0. The van der Waals surface area contributed by atoms with Gasteiger partial charge in [0.05, 0.1) is 18.2 Å². The first-order chi connectivity index (χ1) is 19.0. The number of fused-ring (bicyclic) bond motifs is 1. The lowest BCUT2D eigenvalue weighted by molar-refractivity contribution is -0.140. The number of ether oxygens (including phenoxy) is 3. The third-order valence-corrected chi connectivity index (χ3v) is 7.34. The molecule has 2 aliphatic heterocycles. The highest BCUT2D eigenvalue weighted by Crippen LogP contribution is 2.41. The van der Waals surface area contributed by atoms with Crippen molar-refractivity contribution in [3.05, 3.63) is 59.2 Å². The van der Waals surface area contributed by atoms with Gasteiger partial charge in [-0.1, -0.05) is 45.7 Å². The molecule has 210 valence electrons. The zero-order valence-electron chi connectivity index (χ0n) is 23.3. The normalized spacial score (nSPS) is 18.2. The molecule has 1 unspecified atom stereocenters. The van der Waals surface area contributed by atoms with Crippen LogP contribution in [0.5, 0.6) is 17.2 Å². The molecular formula is C31H40N2O6. The van der Waals surface area contributed by atoms with Crippen LogP contribution in [0, 0.1) is 0 Å². The molecule has 1 N–H and O–H groups in total. The average Bonchev–Trinajstić information content (AvgIpc) is 3.22. The summed E-state index contributed by atoms with van der Waals surface area (Å²) in [5.41, 5.74) is 1.23. The highest BCUT2D eigenvalue weighted by Gasteiger charge is 2.45. The van der Waals surface area contributed by atoms with Crippen LogP contribution in [-0.4, -0.2) is 72.6 Å². The van der Waals surface area contributed by atoms with E-state index in [4.69, 9.17) is 14.2 Å². The third-order valence-electron chi connectivity index (χ3n) is 7.34. The number of rotatable bonds is 13. The molecule has 0 spiro atoms. The monoisotopic (exact) mass is 536 g/mol. The topological polar surface area (TPSA) is 88.5 Å². The first kappa shape index (κ1) is 28.5. The average molecular weight is 537 g/mol. The van der Waals surface area contributed by atoms with Crippen LogP contribution in [-0.2, 0) is 9.59 Å². The molecule has 8 nitrogen and oxygen atoms in total. The molecule has 1 saturated heterocycles. The Kier molecular flexibility index (Phi) is 9.87. The Morgan fingerprint density at radius 3 is 2.38 bits per heavy atom. The van der Waals surface area contributed by atoms with Gasteiger partial charge >= 0.3 is 0 Å². The first-order valence-corrected chi connectivity index (χ1v) is 14.1. The molecular weight excluding hydrogens is 496 g/mol. The van der Waals surface area contributed by atoms with Crippen LogP contribution in [0.4, 0.5) is 0 Å². The first-order valence-electron chi connectivity index (χ1n) is 14.1. The van der Waals surface area contributed by atoms with Crippen LogP contribution in [0.2, 0.25) is 0 Å². The molecule has 2 aliphatic rings. The molecule has 0 saturated carbocycles. The Hall–Kier alpha value is -3.52. The molecule has 0 bridgehead atoms. The summed E-state index contributed by atoms with van der Waals surface area (Å²) < 4.78 is 17.1. The van der Waals surface area contributed by atoms with Crippen molar-refractivity contribution < 1.29 is 28.9 Å². The molecule has 2 aromatic carbocycles. The van der Waals surface area contributed by atoms with E-state index in [2.05, 4.69) is 25.7 Å². The number of benzene rings is 2. The second kappa shape index (κ2) is 13.5. The van der Waals surface area contributed by atoms with Gasteiger partial charge in [-0.05, 0) is 68.4 Å². The molecule has 1 atom stereocenters. The SMILES string of the molecule is CCCCCOc1ccc(C2/C(=C(/O)c3ccc4c(c3)OCCO4)C(=O)C(=O)N2CCCN(CC)CC)cc1. The van der Waals surface area contributed by atoms with Crippen molar-refractivity contribution >= 4 is 17.4 Å². The fourth-order valence-corrected chi connectivity index (χ4v) is 5.10. The Balaban J connectivity index is 1.66. The van der Waals surface area contributed by atoms with Gasteiger partial charge in [-0.15, -0.1) is 0 Å². The second-order valence-electron chi connectivity index (χ2n) is 9.86. The largest absolute Gasteiger partial charge is 0.507 e. The van der Waals surface area contributed by atoms with E-state index in [1.807, 2.05) is 24.3 Å². The minimum Gasteiger partial charge on any atom is -0.507 e. The van der Waals surface area contributed by atoms with Gasteiger partial charge in [0.2, 0.25) is 0 Å². The van der Waals surface area contributed by atoms with Crippen molar-refractivity contribution in [3.63, 3.8) is 0 Å². The molecule has 1 amide bonds. The van der Waals surface area contributed by atoms with E-state index in [9.17, 15) is 14.7 Å². The predicted molar refractivity (Wildman–Crippen MR) is 150 cm³/mol. The molecule has 2 aromatic rings. The molecule has 0 radical (unpaired) electrons. The van der Waals surface area contributed by atoms with Crippen molar-refractivity contribution in [1.82, 2.24) is 9.80 Å². The van der Waals surface area contributed by atoms with E-state index in [0.717, 1.165) is 50.2 Å². The van der Waals surface area contributed by atoms with E-state index >= 15 is 0 Å². The van der Waals surface area contributed by atoms with E-state index in [-0.39, 0.29) is 11.3 Å². The van der Waals surface area contributed by atoms with Crippen molar-refractivity contribution in [1.29, 1.82) is 0 Å². The van der Waals surface area contributed by atoms with E-state index in [1.54, 1.807) is 23.1 Å². The lowest BCUT2D eigenvalue weighted by Gasteiger charge is -2.27. The van der Waals surface area contributed by atoms with Crippen LogP contribution < -0.4 is 14.2 Å². The number of hydrogen-bond donors (Lipinski definition) is 1. The van der Waals surface area contributed by atoms with Gasteiger partial charge in [-0.25, -0.2) is 0 Å². The quantitative estimate of drug-likeness (QED) is 0.163. The number of hydrogen-bond acceptors (Lipinski definition) is 7. The Morgan fingerprint density at radius 1 is 0.974 bits per heavy atom. The number of likely N-dealkylation sites (tertiary alicyclic amines) is 1. The summed E-state index contributed by atoms with van der Waals surface area (Å²) in [4.78, 5) is 30.6. The summed E-state index contributed by atoms with van der Waals surface area (Å²) in [6, 6.07) is 11.8. The Bertz CT molecular complexity index is 1170. The Labute approximate surface area is 231 Å². The van der Waals surface area contributed by atoms with Gasteiger partial charge < -0.3 is 29.1 Å². The van der Waals surface area contributed by atoms with Crippen molar-refractivity contribution in [3.8, 4) is 17.2 Å². The van der Waals surface area contributed by atoms with Crippen LogP contribution in [0.25, 0.3) is 5.76 Å². The van der Waals surface area contributed by atoms with Gasteiger partial charge in [-0.2, -0.15) is 0 Å². The van der Waals surface area contributed by atoms with Gasteiger partial charge in [0.1, 0.15) is 24.7 Å². The summed E-state index contributed by atoms with van der Waals surface area (Å²) in [6.07, 6.45) is 3.94. The molecule has 0 aliphatic carbocycles. The van der Waals surface area contributed by atoms with Crippen molar-refractivity contribution in [2.75, 3.05) is 46.0 Å². The fourth-order valence-electron chi connectivity index (χ4n) is 5.10. The summed E-state index contributed by atoms with van der Waals surface area (Å²) in [5, 5.41) is 11.4. The zero-order valence-corrected chi connectivity index (χ0v) is 23.3. The number of Topliss-reactive ketones (excluding diaryl/α,β-unsaturated/α-hetero) is 1. The number of carbonyl (C=O) groups is 2. The zero-order chi connectivity index (χ0) is 27.8. The lowest BCUT2D eigenvalue weighted by Crippen LogP contribution is -2.33. The van der Waals surface area contributed by atoms with Crippen LogP contribution in [0.15, 0.2) is 48.0 Å². The molecule has 1 fully saturated rings. The Morgan fingerprint density at radius 2 is 1.69 bits per heavy atom. The van der Waals surface area contributed by atoms with E-state index in [0.29, 0.717) is 49.8 Å². The second-order valence-corrected chi connectivity index (χ2v) is 9.86. The van der Waals surface area contributed by atoms with E-state index in [1.165, 1.54) is 0 Å². The molecule has 39 heavy (non-hydrogen) atoms. The minimum atomic E-state index is -0.705. The minimum absolute atomic E-state index is 0.0798. The standard InChI is InChI=1S/C31H40N2O6/c1-4-7-8-18-37-24-13-10-22(11-14-24)28-27(29(34)23-12-15-25-26(21-23)39-20-19-38-25)30(35)31(36)33(28)17-9-16-32(5-2)6-3/h10-15,21,28,34H,4-9,16-20H2,1-3H3/b29-27-. The molecule has 8 heteroatoms. The van der Waals surface area contributed by atoms with Crippen molar-refractivity contribution in [2.45, 2.75) is 52.5 Å². The predicted octanol–water partition coefficient (Wildman–Crippen LogP) is 5.18. The number of unbranched alkanes of at least 4 members (excludes halogenated alkanes) is 2. The van der Waals surface area contributed by atoms with Gasteiger partial charge in [0, 0.05) is 12.1 Å². The maximum atomic E-state index is 13.4. The van der Waals surface area contributed by atoms with Crippen molar-refractivity contribution in [2.24, 2.45) is 0 Å². The smallest absolute Gasteiger partial charge is 0.295 e. The van der Waals surface area contributed by atoms with Crippen LogP contribution in [0.3, 0.4) is 0 Å². The third kappa shape index (κ3) is 6.56. The maximum Gasteiger partial charge on any atom is 0.295 e. The van der Waals surface area contributed by atoms with E-state index < -0.39 is 17.7 Å². The molecule has 0 aromatic heterocycles. The summed E-state index contributed by atoms with van der Waals surface area (Å²) in [5.74, 6) is 0.316. The van der Waals surface area contributed by atoms with Crippen LogP contribution in [0.1, 0.15) is 63.6 Å². The maximum absolute atomic E-state index is 13.4. The number of ketones is 1. The fraction of sp³-hybridized carbons (Fsp3) is 0.484. The molecule has 2 heterocycles. The number of aliphatic hydroxyl groups excluding tert-OH is 1. The highest BCUT2D eigenvalue weighted by molar-refractivity contribution is 6.46. The summed E-state index contributed by atoms with van der Waals surface area (Å²) in [7, 11) is 0. The summed E-state index contributed by atoms with van der Waals surface area (Å²) in [6.45, 7) is 10.9. The van der Waals surface area contributed by atoms with Gasteiger partial charge in [-0.3, -0.25) is 9.59 Å². The lowest BCUT2D eigenvalue weighted by atomic mass is 9.95. The number of amides is 1.